The molecule has 2 aromatic rings. The van der Waals surface area contributed by atoms with E-state index < -0.39 is 33.9 Å². The third-order valence-electron chi connectivity index (χ3n) is 7.41. The molecule has 1 fully saturated rings. The van der Waals surface area contributed by atoms with E-state index in [4.69, 9.17) is 11.6 Å². The molecule has 4 rings (SSSR count). The van der Waals surface area contributed by atoms with Gasteiger partial charge >= 0.3 is 6.18 Å². The molecule has 0 aliphatic heterocycles. The highest BCUT2D eigenvalue weighted by Gasteiger charge is 2.73. The molecule has 32 heavy (non-hydrogen) atoms. The van der Waals surface area contributed by atoms with Crippen LogP contribution in [0, 0.1) is 28.1 Å². The first-order chi connectivity index (χ1) is 14.8. The minimum Gasteiger partial charge on any atom is -0.324 e. The quantitative estimate of drug-likeness (QED) is 0.690. The maximum atomic E-state index is 13.7. The Labute approximate surface area is 187 Å². The summed E-state index contributed by atoms with van der Waals surface area (Å²) in [6.07, 6.45) is -3.69. The summed E-state index contributed by atoms with van der Waals surface area (Å²) in [6, 6.07) is 6.42. The van der Waals surface area contributed by atoms with Gasteiger partial charge in [0.1, 0.15) is 12.1 Å². The monoisotopic (exact) mass is 459 g/mol. The zero-order chi connectivity index (χ0) is 23.7. The van der Waals surface area contributed by atoms with Gasteiger partial charge in [0.05, 0.1) is 33.1 Å². The van der Waals surface area contributed by atoms with Crippen molar-refractivity contribution in [2.45, 2.75) is 50.6 Å². The molecule has 0 saturated heterocycles. The number of carbonyl (C=O) groups is 1. The van der Waals surface area contributed by atoms with Crippen molar-refractivity contribution in [1.29, 1.82) is 10.5 Å². The van der Waals surface area contributed by atoms with Crippen LogP contribution in [0.1, 0.15) is 62.0 Å². The summed E-state index contributed by atoms with van der Waals surface area (Å²) < 4.78 is 39.5. The molecule has 6 nitrogen and oxygen atoms in total. The Balaban J connectivity index is 1.87. The fraction of sp³-hybridized carbons (Fsp3) is 0.409. The Morgan fingerprint density at radius 1 is 1.09 bits per heavy atom. The second-order valence-corrected chi connectivity index (χ2v) is 9.26. The maximum absolute atomic E-state index is 13.7. The Morgan fingerprint density at radius 2 is 1.69 bits per heavy atom. The highest BCUT2D eigenvalue weighted by molar-refractivity contribution is 6.33. The molecule has 1 aromatic carbocycles. The lowest BCUT2D eigenvalue weighted by Crippen LogP contribution is -2.48. The Hall–Kier alpha value is -3.17. The smallest absolute Gasteiger partial charge is 0.324 e. The summed E-state index contributed by atoms with van der Waals surface area (Å²) in [5.74, 6) is -0.575. The van der Waals surface area contributed by atoms with Gasteiger partial charge in [-0.05, 0) is 36.5 Å². The van der Waals surface area contributed by atoms with Crippen molar-refractivity contribution < 1.29 is 18.0 Å². The van der Waals surface area contributed by atoms with Crippen LogP contribution < -0.4 is 5.32 Å². The average molecular weight is 460 g/mol. The number of alkyl halides is 3. The Kier molecular flexibility index (Phi) is 4.59. The van der Waals surface area contributed by atoms with Gasteiger partial charge in [0.15, 0.2) is 11.4 Å². The van der Waals surface area contributed by atoms with Gasteiger partial charge in [0, 0.05) is 5.41 Å². The van der Waals surface area contributed by atoms with E-state index in [1.807, 2.05) is 32.9 Å². The highest BCUT2D eigenvalue weighted by atomic mass is 35.5. The lowest BCUT2D eigenvalue weighted by Gasteiger charge is -2.39. The first-order valence-electron chi connectivity index (χ1n) is 9.75. The molecule has 0 spiro atoms. The standard InChI is InChI=1S/C22H17ClF3N5O/c1-19(2)20(3)6-7-21(19,17-16(20)29-14(9-27)15(10-28)30-17)18(32)31-13-8-11(22(24,25)26)4-5-12(13)23/h4-5,8H,6-7H2,1-3H3,(H,31,32). The van der Waals surface area contributed by atoms with E-state index in [0.717, 1.165) is 18.2 Å². The number of halogens is 4. The first-order valence-corrected chi connectivity index (χ1v) is 10.1. The number of amides is 1. The molecule has 1 heterocycles. The fourth-order valence-electron chi connectivity index (χ4n) is 5.17. The van der Waals surface area contributed by atoms with Crippen molar-refractivity contribution in [3.63, 3.8) is 0 Å². The van der Waals surface area contributed by atoms with Crippen molar-refractivity contribution in [2.24, 2.45) is 5.41 Å². The van der Waals surface area contributed by atoms with Crippen LogP contribution in [-0.4, -0.2) is 15.9 Å². The van der Waals surface area contributed by atoms with Gasteiger partial charge in [-0.1, -0.05) is 32.4 Å². The topological polar surface area (TPSA) is 102 Å². The zero-order valence-electron chi connectivity index (χ0n) is 17.4. The molecule has 1 aromatic heterocycles. The largest absolute Gasteiger partial charge is 0.416 e. The summed E-state index contributed by atoms with van der Waals surface area (Å²) >= 11 is 6.09. The van der Waals surface area contributed by atoms with Gasteiger partial charge in [-0.3, -0.25) is 4.79 Å². The van der Waals surface area contributed by atoms with Gasteiger partial charge in [-0.2, -0.15) is 23.7 Å². The number of fused-ring (bicyclic) bond motifs is 5. The van der Waals surface area contributed by atoms with Gasteiger partial charge < -0.3 is 5.32 Å². The molecule has 10 heteroatoms. The lowest BCUT2D eigenvalue weighted by atomic mass is 9.63. The third kappa shape index (κ3) is 2.61. The summed E-state index contributed by atoms with van der Waals surface area (Å²) in [5.41, 5.74) is -3.30. The summed E-state index contributed by atoms with van der Waals surface area (Å²) in [7, 11) is 0. The minimum atomic E-state index is -4.60. The van der Waals surface area contributed by atoms with Crippen LogP contribution in [-0.2, 0) is 21.8 Å². The summed E-state index contributed by atoms with van der Waals surface area (Å²) in [5, 5.41) is 21.3. The van der Waals surface area contributed by atoms with E-state index in [9.17, 15) is 28.5 Å². The Bertz CT molecular complexity index is 1260. The average Bonchev–Trinajstić information content (AvgIpc) is 3.02. The maximum Gasteiger partial charge on any atom is 0.416 e. The molecule has 164 valence electrons. The van der Waals surface area contributed by atoms with E-state index in [0.29, 0.717) is 18.5 Å². The highest BCUT2D eigenvalue weighted by Crippen LogP contribution is 2.70. The second-order valence-electron chi connectivity index (χ2n) is 8.85. The van der Waals surface area contributed by atoms with Gasteiger partial charge in [-0.15, -0.1) is 0 Å². The second kappa shape index (κ2) is 6.66. The van der Waals surface area contributed by atoms with Gasteiger partial charge in [-0.25, -0.2) is 9.97 Å². The molecular weight excluding hydrogens is 443 g/mol. The van der Waals surface area contributed by atoms with E-state index in [2.05, 4.69) is 15.3 Å². The number of hydrogen-bond donors (Lipinski definition) is 1. The predicted molar refractivity (Wildman–Crippen MR) is 109 cm³/mol. The number of benzene rings is 1. The SMILES string of the molecule is CC12CCC(C(=O)Nc3cc(C(F)(F)F)ccc3Cl)(c3nc(C#N)c(C#N)nc31)C2(C)C. The number of nitriles is 2. The molecule has 2 aliphatic rings. The number of nitrogens with one attached hydrogen (secondary N) is 1. The predicted octanol–water partition coefficient (Wildman–Crippen LogP) is 4.86. The zero-order valence-corrected chi connectivity index (χ0v) is 18.1. The number of rotatable bonds is 2. The first kappa shape index (κ1) is 22.0. The molecule has 1 amide bonds. The number of anilines is 1. The van der Waals surface area contributed by atoms with Crippen molar-refractivity contribution in [3.8, 4) is 12.1 Å². The minimum absolute atomic E-state index is 0.0387. The van der Waals surface area contributed by atoms with E-state index in [-0.39, 0.29) is 27.8 Å². The fourth-order valence-corrected chi connectivity index (χ4v) is 5.33. The van der Waals surface area contributed by atoms with Crippen LogP contribution in [0.25, 0.3) is 0 Å². The van der Waals surface area contributed by atoms with E-state index in [1.165, 1.54) is 0 Å². The van der Waals surface area contributed by atoms with Crippen LogP contribution in [0.5, 0.6) is 0 Å². The van der Waals surface area contributed by atoms with Crippen molar-refractivity contribution in [1.82, 2.24) is 9.97 Å². The van der Waals surface area contributed by atoms with Crippen molar-refractivity contribution >= 4 is 23.2 Å². The molecule has 2 bridgehead atoms. The van der Waals surface area contributed by atoms with Crippen LogP contribution >= 0.6 is 11.6 Å². The van der Waals surface area contributed by atoms with Crippen LogP contribution in [0.15, 0.2) is 18.2 Å². The van der Waals surface area contributed by atoms with Crippen molar-refractivity contribution in [2.75, 3.05) is 5.32 Å². The van der Waals surface area contributed by atoms with Crippen LogP contribution in [0.3, 0.4) is 0 Å². The normalized spacial score (nSPS) is 25.0. The van der Waals surface area contributed by atoms with Crippen LogP contribution in [0.2, 0.25) is 5.02 Å². The van der Waals surface area contributed by atoms with Crippen LogP contribution in [0.4, 0.5) is 18.9 Å². The van der Waals surface area contributed by atoms with E-state index >= 15 is 0 Å². The number of hydrogen-bond acceptors (Lipinski definition) is 5. The molecule has 1 N–H and O–H groups in total. The number of nitrogens with zero attached hydrogens (tertiary/aromatic N) is 4. The molecule has 0 radical (unpaired) electrons. The molecular formula is C22H17ClF3N5O. The molecule has 2 atom stereocenters. The number of aromatic nitrogens is 2. The molecule has 2 aliphatic carbocycles. The molecule has 1 saturated carbocycles. The van der Waals surface area contributed by atoms with Gasteiger partial charge in [0.25, 0.3) is 0 Å². The van der Waals surface area contributed by atoms with Gasteiger partial charge in [0.2, 0.25) is 5.91 Å². The van der Waals surface area contributed by atoms with E-state index in [1.54, 1.807) is 0 Å². The number of carbonyl (C=O) groups excluding carboxylic acids is 1. The Morgan fingerprint density at radius 3 is 2.25 bits per heavy atom. The lowest BCUT2D eigenvalue weighted by molar-refractivity contribution is -0.137. The summed E-state index contributed by atoms with van der Waals surface area (Å²) in [6.45, 7) is 5.66. The third-order valence-corrected chi connectivity index (χ3v) is 7.74. The summed E-state index contributed by atoms with van der Waals surface area (Å²) in [4.78, 5) is 22.5. The molecule has 2 unspecified atom stereocenters. The van der Waals surface area contributed by atoms with Crippen molar-refractivity contribution in [3.05, 3.63) is 51.6 Å².